The van der Waals surface area contributed by atoms with Gasteiger partial charge in [0, 0.05) is 23.2 Å². The van der Waals surface area contributed by atoms with Crippen molar-refractivity contribution in [2.75, 3.05) is 12.4 Å². The molecule has 0 saturated carbocycles. The van der Waals surface area contributed by atoms with Crippen LogP contribution in [0.1, 0.15) is 29.9 Å². The Morgan fingerprint density at radius 3 is 2.67 bits per heavy atom. The van der Waals surface area contributed by atoms with E-state index in [9.17, 15) is 4.39 Å². The smallest absolute Gasteiger partial charge is 0.141 e. The summed E-state index contributed by atoms with van der Waals surface area (Å²) in [5.41, 5.74) is 2.47. The lowest BCUT2D eigenvalue weighted by molar-refractivity contribution is 0.626. The lowest BCUT2D eigenvalue weighted by atomic mass is 9.96. The van der Waals surface area contributed by atoms with Crippen LogP contribution in [0.4, 0.5) is 10.2 Å². The largest absolute Gasteiger partial charge is 0.373 e. The second-order valence-corrected chi connectivity index (χ2v) is 6.16. The zero-order valence-electron chi connectivity index (χ0n) is 12.0. The Balaban J connectivity index is 1.77. The van der Waals surface area contributed by atoms with Gasteiger partial charge in [0.05, 0.1) is 5.75 Å². The molecular formula is C16H18FN3S. The molecule has 1 aromatic heterocycles. The molecule has 1 heterocycles. The number of rotatable bonds is 4. The number of nitrogens with one attached hydrogen (secondary N) is 1. The van der Waals surface area contributed by atoms with Crippen LogP contribution in [-0.2, 0) is 18.6 Å². The Labute approximate surface area is 128 Å². The molecule has 0 bridgehead atoms. The topological polar surface area (TPSA) is 37.8 Å². The first kappa shape index (κ1) is 14.3. The summed E-state index contributed by atoms with van der Waals surface area (Å²) in [5.74, 6) is 2.30. The molecule has 21 heavy (non-hydrogen) atoms. The first-order valence-electron chi connectivity index (χ1n) is 7.21. The molecule has 0 radical (unpaired) electrons. The Kier molecular flexibility index (Phi) is 4.39. The highest BCUT2D eigenvalue weighted by atomic mass is 32.2. The van der Waals surface area contributed by atoms with Gasteiger partial charge >= 0.3 is 0 Å². The fraction of sp³-hybridized carbons (Fsp3) is 0.375. The van der Waals surface area contributed by atoms with Gasteiger partial charge in [0.15, 0.2) is 0 Å². The highest BCUT2D eigenvalue weighted by molar-refractivity contribution is 7.98. The lowest BCUT2D eigenvalue weighted by Gasteiger charge is -2.18. The number of halogens is 1. The fourth-order valence-corrected chi connectivity index (χ4v) is 3.35. The minimum absolute atomic E-state index is 0.207. The van der Waals surface area contributed by atoms with Gasteiger partial charge < -0.3 is 5.32 Å². The van der Waals surface area contributed by atoms with Gasteiger partial charge in [0.1, 0.15) is 17.5 Å². The van der Waals surface area contributed by atoms with Gasteiger partial charge in [-0.15, -0.1) is 11.8 Å². The standard InChI is InChI=1S/C16H18FN3S/c1-18-16-13-4-2-3-5-14(13)19-15(20-16)10-21-12-8-6-11(17)7-9-12/h6-9H,2-5,10H2,1H3,(H,18,19,20). The monoisotopic (exact) mass is 303 g/mol. The summed E-state index contributed by atoms with van der Waals surface area (Å²) >= 11 is 1.63. The van der Waals surface area contributed by atoms with Gasteiger partial charge in [0.25, 0.3) is 0 Å². The number of hydrogen-bond acceptors (Lipinski definition) is 4. The van der Waals surface area contributed by atoms with Crippen LogP contribution in [0, 0.1) is 5.82 Å². The van der Waals surface area contributed by atoms with Crippen molar-refractivity contribution in [2.24, 2.45) is 0 Å². The average Bonchev–Trinajstić information content (AvgIpc) is 2.53. The zero-order valence-corrected chi connectivity index (χ0v) is 12.8. The second-order valence-electron chi connectivity index (χ2n) is 5.11. The van der Waals surface area contributed by atoms with E-state index >= 15 is 0 Å². The van der Waals surface area contributed by atoms with Crippen molar-refractivity contribution in [3.8, 4) is 0 Å². The summed E-state index contributed by atoms with van der Waals surface area (Å²) < 4.78 is 12.9. The molecule has 0 aliphatic heterocycles. The van der Waals surface area contributed by atoms with E-state index in [4.69, 9.17) is 4.98 Å². The van der Waals surface area contributed by atoms with E-state index in [0.29, 0.717) is 5.75 Å². The van der Waals surface area contributed by atoms with Gasteiger partial charge in [-0.05, 0) is 49.9 Å². The zero-order chi connectivity index (χ0) is 14.7. The molecule has 1 N–H and O–H groups in total. The van der Waals surface area contributed by atoms with Gasteiger partial charge in [-0.1, -0.05) is 0 Å². The molecule has 1 aromatic carbocycles. The van der Waals surface area contributed by atoms with Gasteiger partial charge in [-0.25, -0.2) is 14.4 Å². The van der Waals surface area contributed by atoms with Crippen LogP contribution in [0.15, 0.2) is 29.2 Å². The van der Waals surface area contributed by atoms with Crippen molar-refractivity contribution in [3.05, 3.63) is 47.2 Å². The third-order valence-corrected chi connectivity index (χ3v) is 4.66. The summed E-state index contributed by atoms with van der Waals surface area (Å²) in [5, 5.41) is 3.19. The summed E-state index contributed by atoms with van der Waals surface area (Å²) in [4.78, 5) is 10.4. The van der Waals surface area contributed by atoms with E-state index in [0.717, 1.165) is 29.4 Å². The van der Waals surface area contributed by atoms with Crippen molar-refractivity contribution >= 4 is 17.6 Å². The second kappa shape index (κ2) is 6.43. The molecule has 110 valence electrons. The molecule has 5 heteroatoms. The SMILES string of the molecule is CNc1nc(CSc2ccc(F)cc2)nc2c1CCCC2. The highest BCUT2D eigenvalue weighted by Crippen LogP contribution is 2.27. The van der Waals surface area contributed by atoms with Crippen LogP contribution < -0.4 is 5.32 Å². The fourth-order valence-electron chi connectivity index (χ4n) is 2.60. The van der Waals surface area contributed by atoms with E-state index in [1.54, 1.807) is 23.9 Å². The number of aryl methyl sites for hydroxylation is 1. The average molecular weight is 303 g/mol. The lowest BCUT2D eigenvalue weighted by Crippen LogP contribution is -2.13. The van der Waals surface area contributed by atoms with E-state index in [-0.39, 0.29) is 5.82 Å². The van der Waals surface area contributed by atoms with Gasteiger partial charge in [0.2, 0.25) is 0 Å². The predicted molar refractivity (Wildman–Crippen MR) is 84.2 cm³/mol. The van der Waals surface area contributed by atoms with Crippen LogP contribution in [0.2, 0.25) is 0 Å². The highest BCUT2D eigenvalue weighted by Gasteiger charge is 2.17. The molecule has 0 unspecified atom stereocenters. The summed E-state index contributed by atoms with van der Waals surface area (Å²) in [6.07, 6.45) is 4.53. The number of anilines is 1. The van der Waals surface area contributed by atoms with Crippen molar-refractivity contribution in [2.45, 2.75) is 36.3 Å². The number of benzene rings is 1. The predicted octanol–water partition coefficient (Wildman–Crippen LogP) is 3.83. The summed E-state index contributed by atoms with van der Waals surface area (Å²) in [6.45, 7) is 0. The molecular weight excluding hydrogens is 285 g/mol. The number of aromatic nitrogens is 2. The summed E-state index contributed by atoms with van der Waals surface area (Å²) in [7, 11) is 1.91. The minimum Gasteiger partial charge on any atom is -0.373 e. The molecule has 0 saturated heterocycles. The number of hydrogen-bond donors (Lipinski definition) is 1. The van der Waals surface area contributed by atoms with Crippen LogP contribution >= 0.6 is 11.8 Å². The molecule has 0 amide bonds. The molecule has 1 aliphatic rings. The van der Waals surface area contributed by atoms with E-state index in [2.05, 4.69) is 10.3 Å². The van der Waals surface area contributed by atoms with Crippen LogP contribution in [0.3, 0.4) is 0 Å². The Morgan fingerprint density at radius 2 is 1.90 bits per heavy atom. The van der Waals surface area contributed by atoms with E-state index in [1.807, 2.05) is 7.05 Å². The quantitative estimate of drug-likeness (QED) is 0.871. The van der Waals surface area contributed by atoms with Crippen molar-refractivity contribution in [3.63, 3.8) is 0 Å². The molecule has 0 spiro atoms. The van der Waals surface area contributed by atoms with Crippen molar-refractivity contribution in [1.29, 1.82) is 0 Å². The molecule has 3 nitrogen and oxygen atoms in total. The first-order chi connectivity index (χ1) is 10.3. The van der Waals surface area contributed by atoms with Crippen LogP contribution in [-0.4, -0.2) is 17.0 Å². The maximum absolute atomic E-state index is 12.9. The third kappa shape index (κ3) is 3.35. The number of fused-ring (bicyclic) bond motifs is 1. The molecule has 2 aromatic rings. The Hall–Kier alpha value is -1.62. The number of thioether (sulfide) groups is 1. The van der Waals surface area contributed by atoms with Crippen molar-refractivity contribution in [1.82, 2.24) is 9.97 Å². The maximum atomic E-state index is 12.9. The first-order valence-corrected chi connectivity index (χ1v) is 8.19. The van der Waals surface area contributed by atoms with Crippen LogP contribution in [0.5, 0.6) is 0 Å². The minimum atomic E-state index is -0.207. The van der Waals surface area contributed by atoms with Crippen molar-refractivity contribution < 1.29 is 4.39 Å². The molecule has 1 aliphatic carbocycles. The number of nitrogens with zero attached hydrogens (tertiary/aromatic N) is 2. The molecule has 3 rings (SSSR count). The summed E-state index contributed by atoms with van der Waals surface area (Å²) in [6, 6.07) is 6.54. The molecule has 0 atom stereocenters. The Bertz CT molecular complexity index is 611. The van der Waals surface area contributed by atoms with Gasteiger partial charge in [-0.3, -0.25) is 0 Å². The Morgan fingerprint density at radius 1 is 1.14 bits per heavy atom. The third-order valence-electron chi connectivity index (χ3n) is 3.65. The van der Waals surface area contributed by atoms with Gasteiger partial charge in [-0.2, -0.15) is 0 Å². The maximum Gasteiger partial charge on any atom is 0.141 e. The van der Waals surface area contributed by atoms with E-state index in [1.165, 1.54) is 36.2 Å². The normalized spacial score (nSPS) is 13.8. The molecule has 0 fully saturated rings. The van der Waals surface area contributed by atoms with E-state index < -0.39 is 0 Å². The van der Waals surface area contributed by atoms with Crippen LogP contribution in [0.25, 0.3) is 0 Å².